The highest BCUT2D eigenvalue weighted by Crippen LogP contribution is 2.16. The van der Waals surface area contributed by atoms with E-state index in [1.54, 1.807) is 18.1 Å². The van der Waals surface area contributed by atoms with Gasteiger partial charge in [-0.1, -0.05) is 36.4 Å². The minimum atomic E-state index is -0.433. The Balaban J connectivity index is 2.16. The highest BCUT2D eigenvalue weighted by Gasteiger charge is 2.33. The minimum Gasteiger partial charge on any atom is -0.497 e. The van der Waals surface area contributed by atoms with Crippen molar-refractivity contribution in [3.63, 3.8) is 0 Å². The van der Waals surface area contributed by atoms with Crippen LogP contribution < -0.4 is 15.0 Å². The first-order valence-electron chi connectivity index (χ1n) is 9.60. The monoisotopic (exact) mass is 384 g/mol. The Morgan fingerprint density at radius 3 is 2.36 bits per heavy atom. The zero-order chi connectivity index (χ0) is 20.5. The Bertz CT molecular complexity index is 776. The van der Waals surface area contributed by atoms with Gasteiger partial charge in [0.15, 0.2) is 12.6 Å². The molecule has 0 fully saturated rings. The zero-order valence-electron chi connectivity index (χ0n) is 17.1. The van der Waals surface area contributed by atoms with Gasteiger partial charge >= 0.3 is 0 Å². The number of rotatable bonds is 9. The van der Waals surface area contributed by atoms with Crippen LogP contribution in [0.1, 0.15) is 25.5 Å². The molecule has 0 heterocycles. The Morgan fingerprint density at radius 2 is 1.75 bits per heavy atom. The average molecular weight is 385 g/mol. The van der Waals surface area contributed by atoms with E-state index in [4.69, 9.17) is 4.74 Å². The molecule has 6 heteroatoms. The van der Waals surface area contributed by atoms with Crippen LogP contribution in [0.3, 0.4) is 0 Å². The normalized spacial score (nSPS) is 12.7. The van der Waals surface area contributed by atoms with Crippen molar-refractivity contribution in [3.05, 3.63) is 60.2 Å². The van der Waals surface area contributed by atoms with Gasteiger partial charge in [0, 0.05) is 30.4 Å². The molecule has 0 aliphatic carbocycles. The molecule has 0 saturated heterocycles. The van der Waals surface area contributed by atoms with Gasteiger partial charge in [-0.3, -0.25) is 9.59 Å². The number of likely N-dealkylation sites (N-methyl/N-ethyl adjacent to an activating group) is 2. The topological polar surface area (TPSA) is 63.1 Å². The third-order valence-corrected chi connectivity index (χ3v) is 4.74. The van der Waals surface area contributed by atoms with E-state index in [0.29, 0.717) is 24.5 Å². The highest BCUT2D eigenvalue weighted by atomic mass is 16.5. The van der Waals surface area contributed by atoms with E-state index < -0.39 is 6.04 Å². The number of benzene rings is 2. The quantitative estimate of drug-likeness (QED) is 0.693. The van der Waals surface area contributed by atoms with E-state index >= 15 is 0 Å². The number of ether oxygens (including phenoxy) is 1. The Kier molecular flexibility index (Phi) is 8.02. The molecule has 1 unspecified atom stereocenters. The largest absolute Gasteiger partial charge is 0.497 e. The first-order valence-corrected chi connectivity index (χ1v) is 9.60. The summed E-state index contributed by atoms with van der Waals surface area (Å²) in [4.78, 5) is 28.3. The van der Waals surface area contributed by atoms with Gasteiger partial charge in [-0.25, -0.2) is 0 Å². The van der Waals surface area contributed by atoms with E-state index in [1.165, 1.54) is 0 Å². The molecule has 0 aliphatic rings. The smallest absolute Gasteiger partial charge is 0.285 e. The van der Waals surface area contributed by atoms with Crippen molar-refractivity contribution in [2.45, 2.75) is 19.9 Å². The number of nitrogens with one attached hydrogen (secondary N) is 2. The first kappa shape index (κ1) is 21.4. The second-order valence-electron chi connectivity index (χ2n) is 6.66. The van der Waals surface area contributed by atoms with Gasteiger partial charge in [0.1, 0.15) is 5.75 Å². The third-order valence-electron chi connectivity index (χ3n) is 4.74. The number of amides is 2. The maximum Gasteiger partial charge on any atom is 0.285 e. The molecule has 2 N–H and O–H groups in total. The molecule has 150 valence electrons. The van der Waals surface area contributed by atoms with Crippen LogP contribution in [0.25, 0.3) is 0 Å². The Labute approximate surface area is 167 Å². The predicted octanol–water partition coefficient (Wildman–Crippen LogP) is 1.76. The number of quaternary nitrogens is 1. The van der Waals surface area contributed by atoms with E-state index in [-0.39, 0.29) is 18.4 Å². The molecule has 0 aromatic heterocycles. The fraction of sp³-hybridized carbons (Fsp3) is 0.364. The third kappa shape index (κ3) is 5.57. The Hall–Kier alpha value is -2.86. The average Bonchev–Trinajstić information content (AvgIpc) is 2.70. The summed E-state index contributed by atoms with van der Waals surface area (Å²) < 4.78 is 5.19. The van der Waals surface area contributed by atoms with E-state index in [0.717, 1.165) is 10.5 Å². The van der Waals surface area contributed by atoms with Crippen LogP contribution in [0.2, 0.25) is 0 Å². The lowest BCUT2D eigenvalue weighted by Gasteiger charge is -2.29. The summed E-state index contributed by atoms with van der Waals surface area (Å²) in [7, 11) is 3.46. The SMILES string of the molecule is CCN(CC)C(=O)[C@@H](c1ccccc1)[NH+](C)CC(=O)Nc1cccc(OC)c1. The predicted molar refractivity (Wildman–Crippen MR) is 110 cm³/mol. The fourth-order valence-corrected chi connectivity index (χ4v) is 3.26. The van der Waals surface area contributed by atoms with Crippen LogP contribution in [0.15, 0.2) is 54.6 Å². The van der Waals surface area contributed by atoms with E-state index in [1.807, 2.05) is 69.4 Å². The molecule has 2 rings (SSSR count). The molecule has 0 saturated carbocycles. The van der Waals surface area contributed by atoms with Crippen molar-refractivity contribution in [1.82, 2.24) is 4.90 Å². The van der Waals surface area contributed by atoms with Crippen molar-refractivity contribution >= 4 is 17.5 Å². The molecule has 0 radical (unpaired) electrons. The van der Waals surface area contributed by atoms with Crippen LogP contribution in [0, 0.1) is 0 Å². The number of hydrogen-bond acceptors (Lipinski definition) is 3. The molecule has 6 nitrogen and oxygen atoms in total. The van der Waals surface area contributed by atoms with Crippen molar-refractivity contribution in [2.24, 2.45) is 0 Å². The second-order valence-corrected chi connectivity index (χ2v) is 6.66. The number of carbonyl (C=O) groups excluding carboxylic acids is 2. The number of carbonyl (C=O) groups is 2. The number of methoxy groups -OCH3 is 1. The number of anilines is 1. The highest BCUT2D eigenvalue weighted by molar-refractivity contribution is 5.92. The summed E-state index contributed by atoms with van der Waals surface area (Å²) >= 11 is 0. The van der Waals surface area contributed by atoms with Gasteiger partial charge in [-0.15, -0.1) is 0 Å². The van der Waals surface area contributed by atoms with Crippen molar-refractivity contribution in [2.75, 3.05) is 39.1 Å². The lowest BCUT2D eigenvalue weighted by Crippen LogP contribution is -3.11. The molecule has 0 spiro atoms. The van der Waals surface area contributed by atoms with Gasteiger partial charge in [0.05, 0.1) is 14.2 Å². The molecular weight excluding hydrogens is 354 g/mol. The molecule has 2 aromatic rings. The molecule has 2 aromatic carbocycles. The Morgan fingerprint density at radius 1 is 1.07 bits per heavy atom. The van der Waals surface area contributed by atoms with E-state index in [9.17, 15) is 9.59 Å². The number of hydrogen-bond donors (Lipinski definition) is 2. The van der Waals surface area contributed by atoms with Crippen LogP contribution in [0.4, 0.5) is 5.69 Å². The summed E-state index contributed by atoms with van der Waals surface area (Å²) in [5.74, 6) is 0.555. The molecular formula is C22H30N3O3+. The summed E-state index contributed by atoms with van der Waals surface area (Å²) in [6.45, 7) is 5.39. The molecule has 28 heavy (non-hydrogen) atoms. The molecule has 0 bridgehead atoms. The van der Waals surface area contributed by atoms with Crippen LogP contribution in [0.5, 0.6) is 5.75 Å². The lowest BCUT2D eigenvalue weighted by atomic mass is 10.0. The van der Waals surface area contributed by atoms with Crippen molar-refractivity contribution < 1.29 is 19.2 Å². The summed E-state index contributed by atoms with van der Waals surface area (Å²) in [5.41, 5.74) is 1.58. The van der Waals surface area contributed by atoms with Gasteiger partial charge in [0.25, 0.3) is 11.8 Å². The summed E-state index contributed by atoms with van der Waals surface area (Å²) in [5, 5.41) is 2.89. The van der Waals surface area contributed by atoms with Gasteiger partial charge < -0.3 is 19.9 Å². The first-order chi connectivity index (χ1) is 13.5. The van der Waals surface area contributed by atoms with E-state index in [2.05, 4.69) is 5.32 Å². The zero-order valence-corrected chi connectivity index (χ0v) is 17.1. The van der Waals surface area contributed by atoms with Gasteiger partial charge in [0.2, 0.25) is 0 Å². The maximum atomic E-state index is 13.1. The van der Waals surface area contributed by atoms with Crippen molar-refractivity contribution in [3.8, 4) is 5.75 Å². The second kappa shape index (κ2) is 10.5. The lowest BCUT2D eigenvalue weighted by molar-refractivity contribution is -0.894. The fourth-order valence-electron chi connectivity index (χ4n) is 3.26. The summed E-state index contributed by atoms with van der Waals surface area (Å²) in [6.07, 6.45) is 0. The standard InChI is InChI=1S/C22H29N3O3/c1-5-25(6-2)22(27)21(17-11-8-7-9-12-17)24(3)16-20(26)23-18-13-10-14-19(15-18)28-4/h7-15,21H,5-6,16H2,1-4H3,(H,23,26)/p+1/t21-/m1/s1. The maximum absolute atomic E-state index is 13.1. The summed E-state index contributed by atoms with van der Waals surface area (Å²) in [6, 6.07) is 16.4. The van der Waals surface area contributed by atoms with Gasteiger partial charge in [-0.05, 0) is 26.0 Å². The van der Waals surface area contributed by atoms with Crippen molar-refractivity contribution in [1.29, 1.82) is 0 Å². The molecule has 2 amide bonds. The number of nitrogens with zero attached hydrogens (tertiary/aromatic N) is 1. The van der Waals surface area contributed by atoms with Crippen LogP contribution in [-0.2, 0) is 9.59 Å². The minimum absolute atomic E-state index is 0.0304. The molecule has 2 atom stereocenters. The molecule has 0 aliphatic heterocycles. The van der Waals surface area contributed by atoms with Crippen LogP contribution in [-0.4, -0.2) is 50.5 Å². The van der Waals surface area contributed by atoms with Crippen LogP contribution >= 0.6 is 0 Å². The van der Waals surface area contributed by atoms with Gasteiger partial charge in [-0.2, -0.15) is 0 Å².